The molecule has 0 saturated carbocycles. The zero-order valence-corrected chi connectivity index (χ0v) is 12.0. The first kappa shape index (κ1) is 13.4. The van der Waals surface area contributed by atoms with Crippen molar-refractivity contribution >= 4 is 11.6 Å². The van der Waals surface area contributed by atoms with Crippen LogP contribution in [0.3, 0.4) is 0 Å². The Hall–Kier alpha value is -1.61. The van der Waals surface area contributed by atoms with Gasteiger partial charge in [0.05, 0.1) is 0 Å². The van der Waals surface area contributed by atoms with Crippen molar-refractivity contribution in [2.24, 2.45) is 5.92 Å². The van der Waals surface area contributed by atoms with Crippen molar-refractivity contribution in [3.05, 3.63) is 42.0 Å². The van der Waals surface area contributed by atoms with E-state index in [0.29, 0.717) is 12.5 Å². The molecular weight excluding hydrogens is 248 g/mol. The van der Waals surface area contributed by atoms with E-state index in [1.54, 1.807) is 0 Å². The van der Waals surface area contributed by atoms with Gasteiger partial charge in [0.15, 0.2) is 0 Å². The first-order chi connectivity index (χ1) is 9.72. The number of likely N-dealkylation sites (tertiary alicyclic amines) is 1. The fraction of sp³-hybridized carbons (Fsp3) is 0.471. The topological polar surface area (TPSA) is 32.3 Å². The summed E-state index contributed by atoms with van der Waals surface area (Å²) in [6.45, 7) is 4.06. The average molecular weight is 270 g/mol. The van der Waals surface area contributed by atoms with Gasteiger partial charge >= 0.3 is 0 Å². The quantitative estimate of drug-likeness (QED) is 0.853. The van der Waals surface area contributed by atoms with Gasteiger partial charge in [0.1, 0.15) is 0 Å². The molecule has 106 valence electrons. The van der Waals surface area contributed by atoms with Crippen molar-refractivity contribution in [1.82, 2.24) is 4.90 Å². The number of rotatable bonds is 4. The van der Waals surface area contributed by atoms with E-state index < -0.39 is 0 Å². The summed E-state index contributed by atoms with van der Waals surface area (Å²) in [5.74, 6) is 0.846. The van der Waals surface area contributed by atoms with Gasteiger partial charge in [-0.25, -0.2) is 0 Å². The molecule has 2 atom stereocenters. The number of anilines is 1. The van der Waals surface area contributed by atoms with Crippen molar-refractivity contribution in [3.63, 3.8) is 0 Å². The third-order valence-corrected chi connectivity index (χ3v) is 4.44. The Morgan fingerprint density at radius 2 is 2.15 bits per heavy atom. The minimum Gasteiger partial charge on any atom is -0.326 e. The lowest BCUT2D eigenvalue weighted by Crippen LogP contribution is -2.33. The van der Waals surface area contributed by atoms with E-state index in [-0.39, 0.29) is 5.91 Å². The molecule has 1 aromatic carbocycles. The molecule has 1 aromatic rings. The number of hydrogen-bond acceptors (Lipinski definition) is 2. The average Bonchev–Trinajstić information content (AvgIpc) is 3.02. The van der Waals surface area contributed by atoms with Crippen LogP contribution >= 0.6 is 0 Å². The fourth-order valence-electron chi connectivity index (χ4n) is 3.27. The van der Waals surface area contributed by atoms with Gasteiger partial charge in [0, 0.05) is 24.7 Å². The highest BCUT2D eigenvalue weighted by atomic mass is 16.1. The molecule has 0 radical (unpaired) electrons. The molecule has 1 saturated heterocycles. The molecule has 3 nitrogen and oxygen atoms in total. The number of amides is 1. The molecule has 0 spiro atoms. The van der Waals surface area contributed by atoms with Crippen LogP contribution in [-0.4, -0.2) is 29.9 Å². The van der Waals surface area contributed by atoms with Gasteiger partial charge in [0.2, 0.25) is 5.91 Å². The van der Waals surface area contributed by atoms with Crippen LogP contribution in [0.1, 0.15) is 24.8 Å². The highest BCUT2D eigenvalue weighted by Crippen LogP contribution is 2.32. The van der Waals surface area contributed by atoms with Crippen molar-refractivity contribution in [1.29, 1.82) is 0 Å². The predicted octanol–water partition coefficient (Wildman–Crippen LogP) is 2.97. The molecule has 3 rings (SSSR count). The predicted molar refractivity (Wildman–Crippen MR) is 81.7 cm³/mol. The molecule has 0 bridgehead atoms. The summed E-state index contributed by atoms with van der Waals surface area (Å²) >= 11 is 0. The van der Waals surface area contributed by atoms with Crippen LogP contribution in [0.2, 0.25) is 0 Å². The summed E-state index contributed by atoms with van der Waals surface area (Å²) in [5, 5.41) is 2.97. The van der Waals surface area contributed by atoms with Crippen LogP contribution < -0.4 is 5.32 Å². The first-order valence-electron chi connectivity index (χ1n) is 7.49. The summed E-state index contributed by atoms with van der Waals surface area (Å²) in [7, 11) is 0. The molecule has 1 amide bonds. The summed E-state index contributed by atoms with van der Waals surface area (Å²) in [5.41, 5.74) is 2.10. The maximum atomic E-state index is 12.0. The summed E-state index contributed by atoms with van der Waals surface area (Å²) < 4.78 is 0. The molecule has 3 heteroatoms. The van der Waals surface area contributed by atoms with Gasteiger partial charge in [0.25, 0.3) is 0 Å². The lowest BCUT2D eigenvalue weighted by Gasteiger charge is -2.23. The number of benzene rings is 1. The van der Waals surface area contributed by atoms with Crippen LogP contribution in [0.25, 0.3) is 0 Å². The van der Waals surface area contributed by atoms with E-state index in [4.69, 9.17) is 0 Å². The van der Waals surface area contributed by atoms with Crippen LogP contribution in [0.4, 0.5) is 5.69 Å². The Bertz CT molecular complexity index is 506. The van der Waals surface area contributed by atoms with Gasteiger partial charge in [-0.1, -0.05) is 29.8 Å². The van der Waals surface area contributed by atoms with Crippen molar-refractivity contribution in [3.8, 4) is 0 Å². The van der Waals surface area contributed by atoms with E-state index in [1.165, 1.54) is 12.0 Å². The number of hydrogen-bond donors (Lipinski definition) is 1. The second-order valence-electron chi connectivity index (χ2n) is 5.88. The Kier molecular flexibility index (Phi) is 3.88. The van der Waals surface area contributed by atoms with E-state index in [9.17, 15) is 4.79 Å². The number of nitrogens with zero attached hydrogens (tertiary/aromatic N) is 1. The molecule has 0 aromatic heterocycles. The number of aryl methyl sites for hydroxylation is 1. The largest absolute Gasteiger partial charge is 0.326 e. The SMILES string of the molecule is Cc1ccc(NC(=O)CCN2CCC3C=CCC32)cc1. The number of fused-ring (bicyclic) bond motifs is 1. The molecule has 2 aliphatic rings. The molecule has 1 aliphatic heterocycles. The minimum absolute atomic E-state index is 0.114. The molecule has 1 aliphatic carbocycles. The third kappa shape index (κ3) is 2.93. The maximum absolute atomic E-state index is 12.0. The number of carbonyl (C=O) groups excluding carboxylic acids is 1. The lowest BCUT2D eigenvalue weighted by molar-refractivity contribution is -0.116. The lowest BCUT2D eigenvalue weighted by atomic mass is 10.1. The Morgan fingerprint density at radius 3 is 2.95 bits per heavy atom. The number of nitrogens with one attached hydrogen (secondary N) is 1. The van der Waals surface area contributed by atoms with Crippen molar-refractivity contribution in [2.45, 2.75) is 32.2 Å². The zero-order valence-electron chi connectivity index (χ0n) is 12.0. The second kappa shape index (κ2) is 5.80. The fourth-order valence-corrected chi connectivity index (χ4v) is 3.27. The summed E-state index contributed by atoms with van der Waals surface area (Å²) in [6, 6.07) is 8.61. The monoisotopic (exact) mass is 270 g/mol. The van der Waals surface area contributed by atoms with Gasteiger partial charge in [-0.2, -0.15) is 0 Å². The third-order valence-electron chi connectivity index (χ3n) is 4.44. The first-order valence-corrected chi connectivity index (χ1v) is 7.49. The number of carbonyl (C=O) groups is 1. The van der Waals surface area contributed by atoms with Crippen LogP contribution in [0.15, 0.2) is 36.4 Å². The standard InChI is InChI=1S/C17H22N2O/c1-13-5-7-15(8-6-13)18-17(20)10-12-19-11-9-14-3-2-4-16(14)19/h2-3,5-8,14,16H,4,9-12H2,1H3,(H,18,20). The smallest absolute Gasteiger partial charge is 0.225 e. The molecule has 1 N–H and O–H groups in total. The Morgan fingerprint density at radius 1 is 1.35 bits per heavy atom. The van der Waals surface area contributed by atoms with Gasteiger partial charge in [-0.3, -0.25) is 9.69 Å². The maximum Gasteiger partial charge on any atom is 0.225 e. The van der Waals surface area contributed by atoms with Gasteiger partial charge in [-0.15, -0.1) is 0 Å². The van der Waals surface area contributed by atoms with E-state index in [1.807, 2.05) is 31.2 Å². The van der Waals surface area contributed by atoms with Crippen LogP contribution in [-0.2, 0) is 4.79 Å². The van der Waals surface area contributed by atoms with Crippen molar-refractivity contribution in [2.75, 3.05) is 18.4 Å². The molecule has 20 heavy (non-hydrogen) atoms. The van der Waals surface area contributed by atoms with Gasteiger partial charge in [-0.05, 0) is 44.4 Å². The van der Waals surface area contributed by atoms with Crippen LogP contribution in [0, 0.1) is 12.8 Å². The van der Waals surface area contributed by atoms with E-state index in [0.717, 1.165) is 31.1 Å². The highest BCUT2D eigenvalue weighted by Gasteiger charge is 2.34. The molecule has 1 fully saturated rings. The van der Waals surface area contributed by atoms with Crippen molar-refractivity contribution < 1.29 is 4.79 Å². The zero-order chi connectivity index (χ0) is 13.9. The Balaban J connectivity index is 1.46. The van der Waals surface area contributed by atoms with Crippen LogP contribution in [0.5, 0.6) is 0 Å². The summed E-state index contributed by atoms with van der Waals surface area (Å²) in [6.07, 6.45) is 7.62. The highest BCUT2D eigenvalue weighted by molar-refractivity contribution is 5.90. The Labute approximate surface area is 120 Å². The second-order valence-corrected chi connectivity index (χ2v) is 5.88. The van der Waals surface area contributed by atoms with Gasteiger partial charge < -0.3 is 5.32 Å². The van der Waals surface area contributed by atoms with E-state index in [2.05, 4.69) is 22.4 Å². The normalized spacial score (nSPS) is 24.9. The molecular formula is C17H22N2O. The van der Waals surface area contributed by atoms with E-state index >= 15 is 0 Å². The molecule has 1 heterocycles. The summed E-state index contributed by atoms with van der Waals surface area (Å²) in [4.78, 5) is 14.5. The molecule has 2 unspecified atom stereocenters. The minimum atomic E-state index is 0.114.